The summed E-state index contributed by atoms with van der Waals surface area (Å²) < 4.78 is 10.4. The molecule has 166 valence electrons. The molecule has 0 saturated carbocycles. The summed E-state index contributed by atoms with van der Waals surface area (Å²) in [6.45, 7) is 0.957. The Bertz CT molecular complexity index is 1030. The number of para-hydroxylation sites is 1. The van der Waals surface area contributed by atoms with Crippen molar-refractivity contribution in [3.05, 3.63) is 78.6 Å². The second kappa shape index (κ2) is 10.00. The standard InChI is InChI=1S/C24H25N3O5/c28-22(25-20-7-2-1-3-8-20)16-27(15-21-9-5-12-32-21)23(29)18-6-4-11-26(14-18)24(30)19-10-13-31-17-19/h1-3,5,7-10,12-13,17-18H,4,6,11,14-16H2,(H,25,28)/t18-/m0/s1. The Kier molecular flexibility index (Phi) is 6.69. The van der Waals surface area contributed by atoms with Gasteiger partial charge >= 0.3 is 0 Å². The van der Waals surface area contributed by atoms with Gasteiger partial charge in [0.25, 0.3) is 5.91 Å². The number of hydrogen-bond acceptors (Lipinski definition) is 5. The van der Waals surface area contributed by atoms with Gasteiger partial charge in [-0.1, -0.05) is 18.2 Å². The van der Waals surface area contributed by atoms with Gasteiger partial charge in [-0.25, -0.2) is 0 Å². The summed E-state index contributed by atoms with van der Waals surface area (Å²) >= 11 is 0. The molecule has 8 heteroatoms. The largest absolute Gasteiger partial charge is 0.472 e. The topological polar surface area (TPSA) is 96.0 Å². The van der Waals surface area contributed by atoms with Gasteiger partial charge in [0.2, 0.25) is 11.8 Å². The molecule has 3 amide bonds. The van der Waals surface area contributed by atoms with E-state index in [1.54, 1.807) is 35.2 Å². The van der Waals surface area contributed by atoms with Gasteiger partial charge in [-0.05, 0) is 43.2 Å². The number of hydrogen-bond donors (Lipinski definition) is 1. The molecule has 1 fully saturated rings. The van der Waals surface area contributed by atoms with Crippen LogP contribution in [0.25, 0.3) is 0 Å². The maximum absolute atomic E-state index is 13.4. The highest BCUT2D eigenvalue weighted by molar-refractivity contribution is 5.96. The molecule has 3 aromatic rings. The number of anilines is 1. The first-order valence-electron chi connectivity index (χ1n) is 10.6. The highest BCUT2D eigenvalue weighted by Crippen LogP contribution is 2.22. The predicted octanol–water partition coefficient (Wildman–Crippen LogP) is 3.39. The molecule has 32 heavy (non-hydrogen) atoms. The van der Waals surface area contributed by atoms with Gasteiger partial charge in [0.1, 0.15) is 18.6 Å². The Morgan fingerprint density at radius 3 is 2.62 bits per heavy atom. The van der Waals surface area contributed by atoms with Crippen LogP contribution >= 0.6 is 0 Å². The first-order chi connectivity index (χ1) is 15.6. The number of piperidine rings is 1. The van der Waals surface area contributed by atoms with E-state index in [1.165, 1.54) is 23.7 Å². The molecule has 0 spiro atoms. The van der Waals surface area contributed by atoms with Crippen LogP contribution in [0, 0.1) is 5.92 Å². The van der Waals surface area contributed by atoms with E-state index < -0.39 is 0 Å². The van der Waals surface area contributed by atoms with Crippen molar-refractivity contribution < 1.29 is 23.2 Å². The zero-order valence-electron chi connectivity index (χ0n) is 17.6. The minimum atomic E-state index is -0.390. The lowest BCUT2D eigenvalue weighted by Crippen LogP contribution is -2.48. The highest BCUT2D eigenvalue weighted by Gasteiger charge is 2.33. The van der Waals surface area contributed by atoms with Crippen LogP contribution in [0.5, 0.6) is 0 Å². The number of carbonyl (C=O) groups is 3. The predicted molar refractivity (Wildman–Crippen MR) is 117 cm³/mol. The molecule has 4 rings (SSSR count). The minimum Gasteiger partial charge on any atom is -0.472 e. The van der Waals surface area contributed by atoms with Gasteiger partial charge in [-0.3, -0.25) is 14.4 Å². The Labute approximate surface area is 185 Å². The molecule has 1 aromatic carbocycles. The van der Waals surface area contributed by atoms with Crippen molar-refractivity contribution in [2.45, 2.75) is 19.4 Å². The van der Waals surface area contributed by atoms with Gasteiger partial charge in [-0.15, -0.1) is 0 Å². The van der Waals surface area contributed by atoms with Crippen LogP contribution in [0.15, 0.2) is 76.2 Å². The van der Waals surface area contributed by atoms with E-state index in [0.29, 0.717) is 42.9 Å². The molecule has 0 unspecified atom stereocenters. The Morgan fingerprint density at radius 1 is 1.06 bits per heavy atom. The van der Waals surface area contributed by atoms with E-state index in [4.69, 9.17) is 8.83 Å². The van der Waals surface area contributed by atoms with Crippen molar-refractivity contribution in [3.63, 3.8) is 0 Å². The van der Waals surface area contributed by atoms with Crippen molar-refractivity contribution >= 4 is 23.4 Å². The minimum absolute atomic E-state index is 0.111. The number of carbonyl (C=O) groups excluding carboxylic acids is 3. The van der Waals surface area contributed by atoms with Crippen LogP contribution in [0.3, 0.4) is 0 Å². The van der Waals surface area contributed by atoms with Crippen molar-refractivity contribution in [1.29, 1.82) is 0 Å². The fraction of sp³-hybridized carbons (Fsp3) is 0.292. The molecule has 2 aromatic heterocycles. The summed E-state index contributed by atoms with van der Waals surface area (Å²) in [6.07, 6.45) is 5.77. The zero-order chi connectivity index (χ0) is 22.3. The third-order valence-electron chi connectivity index (χ3n) is 5.46. The maximum Gasteiger partial charge on any atom is 0.257 e. The summed E-state index contributed by atoms with van der Waals surface area (Å²) in [7, 11) is 0. The molecule has 1 N–H and O–H groups in total. The maximum atomic E-state index is 13.4. The van der Waals surface area contributed by atoms with Crippen molar-refractivity contribution in [1.82, 2.24) is 9.80 Å². The summed E-state index contributed by atoms with van der Waals surface area (Å²) in [5.74, 6) is -0.421. The lowest BCUT2D eigenvalue weighted by molar-refractivity contribution is -0.140. The third-order valence-corrected chi connectivity index (χ3v) is 5.46. The van der Waals surface area contributed by atoms with Crippen LogP contribution < -0.4 is 5.32 Å². The van der Waals surface area contributed by atoms with Crippen molar-refractivity contribution in [3.8, 4) is 0 Å². The number of nitrogens with one attached hydrogen (secondary N) is 1. The first kappa shape index (κ1) is 21.4. The lowest BCUT2D eigenvalue weighted by Gasteiger charge is -2.34. The number of amides is 3. The van der Waals surface area contributed by atoms with Crippen LogP contribution in [-0.2, 0) is 16.1 Å². The van der Waals surface area contributed by atoms with Gasteiger partial charge in [0.15, 0.2) is 0 Å². The van der Waals surface area contributed by atoms with Gasteiger partial charge in [0, 0.05) is 18.8 Å². The molecule has 1 atom stereocenters. The number of furan rings is 2. The number of likely N-dealkylation sites (tertiary alicyclic amines) is 1. The Hall–Kier alpha value is -3.81. The molecule has 1 aliphatic rings. The molecule has 8 nitrogen and oxygen atoms in total. The van der Waals surface area contributed by atoms with Crippen LogP contribution in [0.1, 0.15) is 29.0 Å². The Morgan fingerprint density at radius 2 is 1.91 bits per heavy atom. The van der Waals surface area contributed by atoms with E-state index in [-0.39, 0.29) is 36.7 Å². The molecule has 0 radical (unpaired) electrons. The fourth-order valence-electron chi connectivity index (χ4n) is 3.89. The van der Waals surface area contributed by atoms with E-state index in [2.05, 4.69) is 5.32 Å². The summed E-state index contributed by atoms with van der Waals surface area (Å²) in [4.78, 5) is 41.9. The zero-order valence-corrected chi connectivity index (χ0v) is 17.6. The highest BCUT2D eigenvalue weighted by atomic mass is 16.3. The summed E-state index contributed by atoms with van der Waals surface area (Å²) in [5.41, 5.74) is 1.13. The molecule has 0 aliphatic carbocycles. The molecular weight excluding hydrogens is 410 g/mol. The van der Waals surface area contributed by atoms with E-state index in [9.17, 15) is 14.4 Å². The fourth-order valence-corrected chi connectivity index (χ4v) is 3.89. The second-order valence-electron chi connectivity index (χ2n) is 7.79. The molecule has 1 aliphatic heterocycles. The summed E-state index contributed by atoms with van der Waals surface area (Å²) in [6, 6.07) is 14.2. The van der Waals surface area contributed by atoms with Crippen LogP contribution in [-0.4, -0.2) is 47.2 Å². The third kappa shape index (κ3) is 5.26. The van der Waals surface area contributed by atoms with Gasteiger partial charge < -0.3 is 24.0 Å². The molecule has 3 heterocycles. The van der Waals surface area contributed by atoms with Crippen molar-refractivity contribution in [2.24, 2.45) is 5.92 Å². The normalized spacial score (nSPS) is 15.9. The number of nitrogens with zero attached hydrogens (tertiary/aromatic N) is 2. The Balaban J connectivity index is 1.45. The molecular formula is C24H25N3O5. The average Bonchev–Trinajstić information content (AvgIpc) is 3.53. The van der Waals surface area contributed by atoms with Gasteiger partial charge in [0.05, 0.1) is 30.6 Å². The second-order valence-corrected chi connectivity index (χ2v) is 7.79. The van der Waals surface area contributed by atoms with Crippen LogP contribution in [0.4, 0.5) is 5.69 Å². The van der Waals surface area contributed by atoms with Crippen molar-refractivity contribution in [2.75, 3.05) is 25.0 Å². The van der Waals surface area contributed by atoms with E-state index in [1.807, 2.05) is 18.2 Å². The smallest absolute Gasteiger partial charge is 0.257 e. The summed E-state index contributed by atoms with van der Waals surface area (Å²) in [5, 5.41) is 2.82. The first-order valence-corrected chi connectivity index (χ1v) is 10.6. The number of rotatable bonds is 7. The average molecular weight is 435 g/mol. The lowest BCUT2D eigenvalue weighted by atomic mass is 9.96. The molecule has 1 saturated heterocycles. The van der Waals surface area contributed by atoms with E-state index >= 15 is 0 Å². The number of benzene rings is 1. The van der Waals surface area contributed by atoms with E-state index in [0.717, 1.165) is 0 Å². The monoisotopic (exact) mass is 435 g/mol. The molecule has 0 bridgehead atoms. The van der Waals surface area contributed by atoms with Crippen LogP contribution in [0.2, 0.25) is 0 Å². The quantitative estimate of drug-likeness (QED) is 0.614. The SMILES string of the molecule is O=C(CN(Cc1ccco1)C(=O)[C@H]1CCCN(C(=O)c2ccoc2)C1)Nc1ccccc1. The van der Waals surface area contributed by atoms with Gasteiger partial charge in [-0.2, -0.15) is 0 Å².